The van der Waals surface area contributed by atoms with Gasteiger partial charge in [-0.3, -0.25) is 4.98 Å². The van der Waals surface area contributed by atoms with E-state index in [1.54, 1.807) is 0 Å². The highest BCUT2D eigenvalue weighted by molar-refractivity contribution is 5.25. The van der Waals surface area contributed by atoms with Crippen LogP contribution in [0.15, 0.2) is 48.7 Å². The molecule has 2 rings (SSSR count). The molecule has 0 aliphatic carbocycles. The van der Waals surface area contributed by atoms with Crippen molar-refractivity contribution in [3.05, 3.63) is 65.5 Å². The average Bonchev–Trinajstić information content (AvgIpc) is 2.54. The van der Waals surface area contributed by atoms with E-state index in [1.165, 1.54) is 11.1 Å². The lowest BCUT2D eigenvalue weighted by atomic mass is 10.0. The fourth-order valence-electron chi connectivity index (χ4n) is 2.38. The fraction of sp³-hybridized carbons (Fsp3) is 0.389. The lowest BCUT2D eigenvalue weighted by Gasteiger charge is -2.21. The predicted octanol–water partition coefficient (Wildman–Crippen LogP) is 2.82. The van der Waals surface area contributed by atoms with Gasteiger partial charge >= 0.3 is 0 Å². The number of aromatic nitrogens is 1. The molecule has 1 aromatic heterocycles. The van der Waals surface area contributed by atoms with Crippen molar-refractivity contribution in [1.82, 2.24) is 9.88 Å². The minimum absolute atomic E-state index is 0.0599. The van der Waals surface area contributed by atoms with E-state index in [0.717, 1.165) is 31.6 Å². The van der Waals surface area contributed by atoms with E-state index >= 15 is 0 Å². The first kappa shape index (κ1) is 15.7. The summed E-state index contributed by atoms with van der Waals surface area (Å²) in [6, 6.07) is 14.7. The van der Waals surface area contributed by atoms with Gasteiger partial charge in [0.05, 0.1) is 0 Å². The third-order valence-electron chi connectivity index (χ3n) is 3.80. The number of likely N-dealkylation sites (N-methyl/N-ethyl adjacent to an activating group) is 1. The molecule has 1 unspecified atom stereocenters. The molecule has 0 radical (unpaired) electrons. The fourth-order valence-corrected chi connectivity index (χ4v) is 2.38. The minimum Gasteiger partial charge on any atom is -0.323 e. The van der Waals surface area contributed by atoms with Gasteiger partial charge in [-0.2, -0.15) is 0 Å². The van der Waals surface area contributed by atoms with Crippen molar-refractivity contribution in [2.75, 3.05) is 20.1 Å². The monoisotopic (exact) mass is 283 g/mol. The van der Waals surface area contributed by atoms with E-state index in [4.69, 9.17) is 5.73 Å². The number of hydrogen-bond acceptors (Lipinski definition) is 3. The second-order valence-electron chi connectivity index (χ2n) is 5.53. The Balaban J connectivity index is 1.82. The van der Waals surface area contributed by atoms with Crippen LogP contribution in [-0.2, 0) is 12.8 Å². The zero-order valence-corrected chi connectivity index (χ0v) is 13.0. The highest BCUT2D eigenvalue weighted by Gasteiger charge is 2.09. The number of nitrogens with zero attached hydrogens (tertiary/aromatic N) is 2. The molecule has 0 aliphatic rings. The highest BCUT2D eigenvalue weighted by Crippen LogP contribution is 2.13. The molecule has 3 heteroatoms. The Morgan fingerprint density at radius 2 is 1.90 bits per heavy atom. The van der Waals surface area contributed by atoms with E-state index in [9.17, 15) is 0 Å². The highest BCUT2D eigenvalue weighted by atomic mass is 15.1. The third-order valence-corrected chi connectivity index (χ3v) is 3.80. The molecule has 0 saturated heterocycles. The van der Waals surface area contributed by atoms with Crippen LogP contribution in [0, 0.1) is 0 Å². The molecule has 21 heavy (non-hydrogen) atoms. The summed E-state index contributed by atoms with van der Waals surface area (Å²) in [5.74, 6) is 0. The summed E-state index contributed by atoms with van der Waals surface area (Å²) in [7, 11) is 2.11. The van der Waals surface area contributed by atoms with Gasteiger partial charge in [-0.15, -0.1) is 0 Å². The van der Waals surface area contributed by atoms with Crippen LogP contribution >= 0.6 is 0 Å². The Bertz CT molecular complexity index is 522. The molecule has 0 aliphatic heterocycles. The molecule has 0 saturated carbocycles. The van der Waals surface area contributed by atoms with Crippen molar-refractivity contribution in [3.8, 4) is 0 Å². The predicted molar refractivity (Wildman–Crippen MR) is 88.2 cm³/mol. The van der Waals surface area contributed by atoms with Gasteiger partial charge < -0.3 is 10.6 Å². The normalized spacial score (nSPS) is 12.6. The van der Waals surface area contributed by atoms with Crippen molar-refractivity contribution >= 4 is 0 Å². The van der Waals surface area contributed by atoms with Gasteiger partial charge in [0, 0.05) is 37.4 Å². The molecular weight excluding hydrogens is 258 g/mol. The van der Waals surface area contributed by atoms with Gasteiger partial charge in [-0.25, -0.2) is 0 Å². The molecule has 2 aromatic rings. The Labute approximate surface area is 127 Å². The molecule has 3 nitrogen and oxygen atoms in total. The smallest absolute Gasteiger partial charge is 0.0424 e. The molecule has 0 bridgehead atoms. The maximum Gasteiger partial charge on any atom is 0.0424 e. The van der Waals surface area contributed by atoms with Crippen LogP contribution in [0.3, 0.4) is 0 Å². The van der Waals surface area contributed by atoms with E-state index in [0.29, 0.717) is 0 Å². The second-order valence-corrected chi connectivity index (χ2v) is 5.53. The van der Waals surface area contributed by atoms with Crippen molar-refractivity contribution in [2.45, 2.75) is 25.8 Å². The first-order chi connectivity index (χ1) is 10.2. The van der Waals surface area contributed by atoms with Gasteiger partial charge in [0.15, 0.2) is 0 Å². The van der Waals surface area contributed by atoms with Crippen LogP contribution in [0.25, 0.3) is 0 Å². The molecular formula is C18H25N3. The lowest BCUT2D eigenvalue weighted by molar-refractivity contribution is 0.315. The zero-order valence-electron chi connectivity index (χ0n) is 13.0. The zero-order chi connectivity index (χ0) is 15.1. The third kappa shape index (κ3) is 4.96. The van der Waals surface area contributed by atoms with Gasteiger partial charge in [0.25, 0.3) is 0 Å². The molecule has 1 heterocycles. The van der Waals surface area contributed by atoms with Crippen molar-refractivity contribution < 1.29 is 0 Å². The average molecular weight is 283 g/mol. The van der Waals surface area contributed by atoms with Gasteiger partial charge in [-0.1, -0.05) is 37.3 Å². The van der Waals surface area contributed by atoms with E-state index in [2.05, 4.69) is 54.2 Å². The molecule has 2 N–H and O–H groups in total. The standard InChI is InChI=1S/C18H25N3/c1-3-15-7-9-16(10-8-15)18(19)14-21(2)13-11-17-6-4-5-12-20-17/h4-10,12,18H,3,11,13-14,19H2,1-2H3. The Hall–Kier alpha value is -1.71. The SMILES string of the molecule is CCc1ccc(C(N)CN(C)CCc2ccccn2)cc1. The second kappa shape index (κ2) is 7.91. The van der Waals surface area contributed by atoms with Crippen LogP contribution < -0.4 is 5.73 Å². The van der Waals surface area contributed by atoms with E-state index < -0.39 is 0 Å². The van der Waals surface area contributed by atoms with Gasteiger partial charge in [-0.05, 0) is 36.7 Å². The summed E-state index contributed by atoms with van der Waals surface area (Å²) in [6.07, 6.45) is 3.87. The van der Waals surface area contributed by atoms with Crippen molar-refractivity contribution in [1.29, 1.82) is 0 Å². The summed E-state index contributed by atoms with van der Waals surface area (Å²) in [5, 5.41) is 0. The maximum atomic E-state index is 6.30. The summed E-state index contributed by atoms with van der Waals surface area (Å²) in [4.78, 5) is 6.62. The van der Waals surface area contributed by atoms with Crippen LogP contribution in [0.2, 0.25) is 0 Å². The number of pyridine rings is 1. The van der Waals surface area contributed by atoms with Crippen LogP contribution in [0.4, 0.5) is 0 Å². The summed E-state index contributed by atoms with van der Waals surface area (Å²) >= 11 is 0. The van der Waals surface area contributed by atoms with Crippen LogP contribution in [0.5, 0.6) is 0 Å². The summed E-state index contributed by atoms with van der Waals surface area (Å²) in [6.45, 7) is 4.00. The van der Waals surface area contributed by atoms with Crippen LogP contribution in [-0.4, -0.2) is 30.0 Å². The Kier molecular flexibility index (Phi) is 5.90. The maximum absolute atomic E-state index is 6.30. The summed E-state index contributed by atoms with van der Waals surface area (Å²) < 4.78 is 0. The molecule has 0 fully saturated rings. The molecule has 0 spiro atoms. The van der Waals surface area contributed by atoms with E-state index in [1.807, 2.05) is 18.3 Å². The van der Waals surface area contributed by atoms with Crippen LogP contribution in [0.1, 0.15) is 29.8 Å². The summed E-state index contributed by atoms with van der Waals surface area (Å²) in [5.41, 5.74) is 9.99. The lowest BCUT2D eigenvalue weighted by Crippen LogP contribution is -2.30. The van der Waals surface area contributed by atoms with Gasteiger partial charge in [0.1, 0.15) is 0 Å². The number of rotatable bonds is 7. The largest absolute Gasteiger partial charge is 0.323 e. The number of nitrogens with two attached hydrogens (primary N) is 1. The number of benzene rings is 1. The Morgan fingerprint density at radius 1 is 1.14 bits per heavy atom. The topological polar surface area (TPSA) is 42.1 Å². The number of hydrogen-bond donors (Lipinski definition) is 1. The van der Waals surface area contributed by atoms with Crippen molar-refractivity contribution in [2.24, 2.45) is 5.73 Å². The first-order valence-electron chi connectivity index (χ1n) is 7.62. The molecule has 1 atom stereocenters. The molecule has 0 amide bonds. The minimum atomic E-state index is 0.0599. The number of aryl methyl sites for hydroxylation is 1. The quantitative estimate of drug-likeness (QED) is 0.849. The Morgan fingerprint density at radius 3 is 2.52 bits per heavy atom. The van der Waals surface area contributed by atoms with Gasteiger partial charge in [0.2, 0.25) is 0 Å². The molecule has 112 valence electrons. The molecule has 1 aromatic carbocycles. The first-order valence-corrected chi connectivity index (χ1v) is 7.62. The van der Waals surface area contributed by atoms with Crippen molar-refractivity contribution in [3.63, 3.8) is 0 Å². The van der Waals surface area contributed by atoms with E-state index in [-0.39, 0.29) is 6.04 Å².